The number of rotatable bonds is 29. The number of hydrogen-bond donors (Lipinski definition) is 3. The zero-order valence-electron chi connectivity index (χ0n) is 26.8. The van der Waals surface area contributed by atoms with E-state index in [0.717, 1.165) is 24.0 Å². The second-order valence-corrected chi connectivity index (χ2v) is 15.3. The number of aliphatic hydroxyl groups excluding tert-OH is 3. The Hall–Kier alpha value is -0.0631. The largest absolute Gasteiger partial charge is 0.501 e. The number of nitrogens with zero attached hydrogens (tertiary/aromatic N) is 1. The maximum Gasteiger partial charge on any atom is 0.501 e. The minimum Gasteiger partial charge on any atom is -0.391 e. The highest BCUT2D eigenvalue weighted by Crippen LogP contribution is 2.21. The van der Waals surface area contributed by atoms with E-state index in [1.165, 1.54) is 96.3 Å². The lowest BCUT2D eigenvalue weighted by Gasteiger charge is -2.34. The van der Waals surface area contributed by atoms with Crippen LogP contribution < -0.4 is 0 Å². The van der Waals surface area contributed by atoms with Crippen molar-refractivity contribution in [2.24, 2.45) is 0 Å². The van der Waals surface area contributed by atoms with Crippen molar-refractivity contribution in [3.63, 3.8) is 0 Å². The van der Waals surface area contributed by atoms with Crippen molar-refractivity contribution in [1.29, 1.82) is 0 Å². The van der Waals surface area contributed by atoms with Crippen LogP contribution in [0, 0.1) is 0 Å². The molecule has 0 spiro atoms. The Bertz CT molecular complexity index is 502. The van der Waals surface area contributed by atoms with Crippen molar-refractivity contribution in [1.82, 2.24) is 0 Å². The van der Waals surface area contributed by atoms with Crippen molar-refractivity contribution in [2.45, 2.75) is 155 Å². The van der Waals surface area contributed by atoms with Gasteiger partial charge in [0.2, 0.25) is 0 Å². The summed E-state index contributed by atoms with van der Waals surface area (Å²) in [5, 5.41) is 29.3. The van der Waals surface area contributed by atoms with Crippen molar-refractivity contribution in [2.75, 3.05) is 47.0 Å². The van der Waals surface area contributed by atoms with Gasteiger partial charge in [-0.15, -0.1) is 0 Å². The highest BCUT2D eigenvalue weighted by molar-refractivity contribution is 6.60. The Balaban J connectivity index is 4.19. The van der Waals surface area contributed by atoms with E-state index in [1.807, 2.05) is 0 Å². The van der Waals surface area contributed by atoms with Gasteiger partial charge >= 0.3 is 8.80 Å². The van der Waals surface area contributed by atoms with Gasteiger partial charge in [0, 0.05) is 12.5 Å². The fourth-order valence-corrected chi connectivity index (χ4v) is 7.59. The van der Waals surface area contributed by atoms with Gasteiger partial charge in [0.15, 0.2) is 0 Å². The molecule has 3 unspecified atom stereocenters. The normalized spacial score (nSPS) is 16.2. The van der Waals surface area contributed by atoms with Gasteiger partial charge in [0.25, 0.3) is 0 Å². The van der Waals surface area contributed by atoms with Crippen molar-refractivity contribution in [3.05, 3.63) is 0 Å². The van der Waals surface area contributed by atoms with Crippen molar-refractivity contribution in [3.8, 4) is 0 Å². The van der Waals surface area contributed by atoms with E-state index in [4.69, 9.17) is 13.3 Å². The summed E-state index contributed by atoms with van der Waals surface area (Å²) in [6.45, 7) is 9.74. The third-order valence-corrected chi connectivity index (χ3v) is 10.0. The van der Waals surface area contributed by atoms with Gasteiger partial charge < -0.3 is 33.1 Å². The molecule has 7 nitrogen and oxygen atoms in total. The third-order valence-electron chi connectivity index (χ3n) is 7.25. The number of unbranched alkanes of at least 4 members (excludes halogenated alkanes) is 14. The van der Waals surface area contributed by atoms with Gasteiger partial charge in [-0.25, -0.2) is 0 Å². The van der Waals surface area contributed by atoms with Gasteiger partial charge in [-0.3, -0.25) is 0 Å². The molecule has 0 aliphatic rings. The monoisotopic (exact) mass is 578 g/mol. The first-order valence-corrected chi connectivity index (χ1v) is 18.2. The molecule has 0 heterocycles. The van der Waals surface area contributed by atoms with Crippen LogP contribution in [-0.2, 0) is 13.3 Å². The van der Waals surface area contributed by atoms with E-state index in [9.17, 15) is 15.3 Å². The van der Waals surface area contributed by atoms with E-state index in [2.05, 4.69) is 21.0 Å². The number of quaternary nitrogens is 1. The molecule has 0 saturated carbocycles. The van der Waals surface area contributed by atoms with E-state index in [0.29, 0.717) is 6.04 Å². The SMILES string of the molecule is CCCCCCCCCCCCCCCCC[N+](C)(C)CCC[Si](OCC(C)O)(OCC(C)O)OCC(C)O. The minimum absolute atomic E-state index is 0.114. The Kier molecular flexibility index (Phi) is 24.5. The molecule has 0 saturated heterocycles. The average molecular weight is 579 g/mol. The molecule has 39 heavy (non-hydrogen) atoms. The zero-order chi connectivity index (χ0) is 29.4. The van der Waals surface area contributed by atoms with Gasteiger partial charge in [0.05, 0.1) is 65.3 Å². The molecule has 0 amide bonds. The summed E-state index contributed by atoms with van der Waals surface area (Å²) in [5.74, 6) is 0. The van der Waals surface area contributed by atoms with Crippen LogP contribution in [-0.4, -0.2) is 93.9 Å². The highest BCUT2D eigenvalue weighted by atomic mass is 28.4. The Morgan fingerprint density at radius 3 is 1.15 bits per heavy atom. The molecular weight excluding hydrogens is 510 g/mol. The van der Waals surface area contributed by atoms with Gasteiger partial charge in [-0.2, -0.15) is 0 Å². The fraction of sp³-hybridized carbons (Fsp3) is 1.00. The Morgan fingerprint density at radius 1 is 0.513 bits per heavy atom. The van der Waals surface area contributed by atoms with Crippen LogP contribution in [0.25, 0.3) is 0 Å². The summed E-state index contributed by atoms with van der Waals surface area (Å²) in [4.78, 5) is 0. The summed E-state index contributed by atoms with van der Waals surface area (Å²) in [6.07, 6.45) is 19.7. The molecule has 0 bridgehead atoms. The predicted octanol–water partition coefficient (Wildman–Crippen LogP) is 6.46. The summed E-state index contributed by atoms with van der Waals surface area (Å²) in [6, 6.07) is 0.597. The Morgan fingerprint density at radius 2 is 0.821 bits per heavy atom. The van der Waals surface area contributed by atoms with Crippen LogP contribution >= 0.6 is 0 Å². The molecule has 0 aromatic heterocycles. The van der Waals surface area contributed by atoms with Crippen molar-refractivity contribution >= 4 is 8.80 Å². The van der Waals surface area contributed by atoms with E-state index >= 15 is 0 Å². The predicted molar refractivity (Wildman–Crippen MR) is 165 cm³/mol. The molecule has 0 aromatic carbocycles. The van der Waals surface area contributed by atoms with E-state index < -0.39 is 27.1 Å². The summed E-state index contributed by atoms with van der Waals surface area (Å²) < 4.78 is 19.0. The lowest BCUT2D eigenvalue weighted by Crippen LogP contribution is -2.50. The first-order chi connectivity index (χ1) is 18.5. The van der Waals surface area contributed by atoms with E-state index in [1.54, 1.807) is 20.8 Å². The molecule has 3 N–H and O–H groups in total. The fourth-order valence-electron chi connectivity index (χ4n) is 4.83. The lowest BCUT2D eigenvalue weighted by molar-refractivity contribution is -0.890. The maximum absolute atomic E-state index is 9.77. The quantitative estimate of drug-likeness (QED) is 0.0537. The average Bonchev–Trinajstić information content (AvgIpc) is 2.86. The van der Waals surface area contributed by atoms with Crippen LogP contribution in [0.3, 0.4) is 0 Å². The second kappa shape index (κ2) is 24.5. The van der Waals surface area contributed by atoms with E-state index in [-0.39, 0.29) is 19.8 Å². The van der Waals surface area contributed by atoms with Crippen LogP contribution in [0.4, 0.5) is 0 Å². The molecule has 236 valence electrons. The van der Waals surface area contributed by atoms with Crippen LogP contribution in [0.2, 0.25) is 6.04 Å². The minimum atomic E-state index is -3.15. The summed E-state index contributed by atoms with van der Waals surface area (Å²) in [5.41, 5.74) is 0. The second-order valence-electron chi connectivity index (χ2n) is 12.6. The van der Waals surface area contributed by atoms with Crippen LogP contribution in [0.1, 0.15) is 130 Å². The third kappa shape index (κ3) is 25.4. The summed E-state index contributed by atoms with van der Waals surface area (Å²) in [7, 11) is 1.40. The highest BCUT2D eigenvalue weighted by Gasteiger charge is 2.42. The van der Waals surface area contributed by atoms with Crippen LogP contribution in [0.15, 0.2) is 0 Å². The number of aliphatic hydroxyl groups is 3. The van der Waals surface area contributed by atoms with Crippen molar-refractivity contribution < 1.29 is 33.1 Å². The smallest absolute Gasteiger partial charge is 0.391 e. The standard InChI is InChI=1S/C31H68NO6Si/c1-7-8-9-10-11-12-13-14-15-16-17-18-19-20-21-23-32(5,6)24-22-25-39(36-26-29(2)33,37-27-30(3)34)38-28-31(4)35/h29-31,33-35H,7-28H2,1-6H3/q+1. The number of hydrogen-bond acceptors (Lipinski definition) is 6. The molecule has 0 fully saturated rings. The first kappa shape index (κ1) is 38.9. The van der Waals surface area contributed by atoms with Gasteiger partial charge in [-0.1, -0.05) is 90.4 Å². The maximum atomic E-state index is 9.77. The molecule has 0 aliphatic heterocycles. The summed E-state index contributed by atoms with van der Waals surface area (Å²) >= 11 is 0. The molecular formula is C31H68NO6Si+. The molecule has 0 rings (SSSR count). The molecule has 0 radical (unpaired) electrons. The zero-order valence-corrected chi connectivity index (χ0v) is 27.8. The Labute approximate surface area is 243 Å². The molecule has 3 atom stereocenters. The topological polar surface area (TPSA) is 88.4 Å². The molecule has 0 aromatic rings. The van der Waals surface area contributed by atoms with Gasteiger partial charge in [-0.05, 0) is 33.6 Å². The van der Waals surface area contributed by atoms with Crippen LogP contribution in [0.5, 0.6) is 0 Å². The first-order valence-electron chi connectivity index (χ1n) is 16.3. The lowest BCUT2D eigenvalue weighted by atomic mass is 10.0. The van der Waals surface area contributed by atoms with Gasteiger partial charge in [0.1, 0.15) is 0 Å². The molecule has 8 heteroatoms. The molecule has 0 aliphatic carbocycles.